The summed E-state index contributed by atoms with van der Waals surface area (Å²) in [5, 5.41) is 7.92. The minimum Gasteiger partial charge on any atom is -0.357 e. The zero-order valence-corrected chi connectivity index (χ0v) is 19.4. The molecule has 0 fully saturated rings. The van der Waals surface area contributed by atoms with Crippen LogP contribution in [0, 0.1) is 12.3 Å². The Balaban J connectivity index is 0.00000338. The number of nitrogens with one attached hydrogen (secondary N) is 2. The molecule has 0 bridgehead atoms. The van der Waals surface area contributed by atoms with Gasteiger partial charge in [-0.25, -0.2) is 4.98 Å². The molecule has 4 nitrogen and oxygen atoms in total. The molecule has 0 saturated heterocycles. The Bertz CT molecular complexity index is 667. The molecule has 0 atom stereocenters. The largest absolute Gasteiger partial charge is 0.357 e. The summed E-state index contributed by atoms with van der Waals surface area (Å²) in [6, 6.07) is 10.6. The number of halogens is 1. The van der Waals surface area contributed by atoms with Crippen LogP contribution in [0.5, 0.6) is 0 Å². The highest BCUT2D eigenvalue weighted by Crippen LogP contribution is 2.22. The number of rotatable bonds is 8. The molecule has 6 heteroatoms. The first-order valence-electron chi connectivity index (χ1n) is 8.96. The number of hydrogen-bond donors (Lipinski definition) is 2. The van der Waals surface area contributed by atoms with Gasteiger partial charge in [-0.2, -0.15) is 0 Å². The number of hydrogen-bond acceptors (Lipinski definition) is 3. The number of aromatic nitrogens is 1. The van der Waals surface area contributed by atoms with Crippen LogP contribution in [0.2, 0.25) is 0 Å². The summed E-state index contributed by atoms with van der Waals surface area (Å²) in [7, 11) is 0. The van der Waals surface area contributed by atoms with Gasteiger partial charge in [0.25, 0.3) is 0 Å². The fraction of sp³-hybridized carbons (Fsp3) is 0.500. The molecule has 2 rings (SSSR count). The van der Waals surface area contributed by atoms with E-state index in [0.717, 1.165) is 38.4 Å². The van der Waals surface area contributed by atoms with Crippen molar-refractivity contribution in [1.29, 1.82) is 0 Å². The van der Waals surface area contributed by atoms with E-state index in [0.29, 0.717) is 0 Å². The third-order valence-electron chi connectivity index (χ3n) is 3.84. The van der Waals surface area contributed by atoms with Crippen LogP contribution in [-0.2, 0) is 12.8 Å². The highest BCUT2D eigenvalue weighted by atomic mass is 127. The summed E-state index contributed by atoms with van der Waals surface area (Å²) in [4.78, 5) is 10.5. The smallest absolute Gasteiger partial charge is 0.191 e. The average Bonchev–Trinajstić information content (AvgIpc) is 2.98. The van der Waals surface area contributed by atoms with E-state index in [-0.39, 0.29) is 29.4 Å². The van der Waals surface area contributed by atoms with Gasteiger partial charge in [0.1, 0.15) is 0 Å². The number of nitrogens with zero attached hydrogens (tertiary/aromatic N) is 2. The fourth-order valence-corrected chi connectivity index (χ4v) is 3.43. The molecule has 26 heavy (non-hydrogen) atoms. The summed E-state index contributed by atoms with van der Waals surface area (Å²) >= 11 is 1.76. The lowest BCUT2D eigenvalue weighted by atomic mass is 9.86. The lowest BCUT2D eigenvalue weighted by Gasteiger charge is -2.23. The topological polar surface area (TPSA) is 49.3 Å². The van der Waals surface area contributed by atoms with Crippen LogP contribution in [0.1, 0.15) is 36.2 Å². The maximum absolute atomic E-state index is 4.80. The molecule has 0 radical (unpaired) electrons. The Hall–Kier alpha value is -1.15. The molecule has 2 aromatic rings. The third kappa shape index (κ3) is 8.49. The molecular formula is C20H31IN4S. The summed E-state index contributed by atoms with van der Waals surface area (Å²) in [6.45, 7) is 11.2. The average molecular weight is 486 g/mol. The molecule has 1 aromatic carbocycles. The van der Waals surface area contributed by atoms with Crippen molar-refractivity contribution in [3.05, 3.63) is 52.0 Å². The Morgan fingerprint density at radius 3 is 2.54 bits per heavy atom. The normalized spacial score (nSPS) is 11.8. The number of benzene rings is 1. The molecule has 1 aromatic heterocycles. The Morgan fingerprint density at radius 1 is 1.19 bits per heavy atom. The minimum atomic E-state index is 0. The van der Waals surface area contributed by atoms with Gasteiger partial charge in [-0.1, -0.05) is 44.2 Å². The predicted molar refractivity (Wildman–Crippen MR) is 124 cm³/mol. The molecule has 0 amide bonds. The van der Waals surface area contributed by atoms with Crippen molar-refractivity contribution >= 4 is 41.3 Å². The van der Waals surface area contributed by atoms with E-state index in [1.807, 2.05) is 6.20 Å². The first-order valence-corrected chi connectivity index (χ1v) is 9.77. The number of thiazole rings is 1. The number of guanidine groups is 1. The summed E-state index contributed by atoms with van der Waals surface area (Å²) in [6.07, 6.45) is 3.89. The van der Waals surface area contributed by atoms with Crippen molar-refractivity contribution in [3.8, 4) is 0 Å². The first-order chi connectivity index (χ1) is 12.0. The highest BCUT2D eigenvalue weighted by molar-refractivity contribution is 14.0. The molecule has 0 aliphatic heterocycles. The molecule has 0 spiro atoms. The second-order valence-corrected chi connectivity index (χ2v) is 8.38. The second kappa shape index (κ2) is 11.5. The van der Waals surface area contributed by atoms with Crippen molar-refractivity contribution in [3.63, 3.8) is 0 Å². The van der Waals surface area contributed by atoms with Crippen molar-refractivity contribution in [2.45, 2.75) is 40.5 Å². The van der Waals surface area contributed by atoms with E-state index in [1.54, 1.807) is 11.3 Å². The molecule has 0 saturated carbocycles. The van der Waals surface area contributed by atoms with E-state index in [1.165, 1.54) is 15.4 Å². The van der Waals surface area contributed by atoms with Gasteiger partial charge in [-0.05, 0) is 31.2 Å². The van der Waals surface area contributed by atoms with Gasteiger partial charge in [0.2, 0.25) is 0 Å². The van der Waals surface area contributed by atoms with Gasteiger partial charge < -0.3 is 10.6 Å². The van der Waals surface area contributed by atoms with E-state index in [4.69, 9.17) is 4.99 Å². The molecule has 144 valence electrons. The van der Waals surface area contributed by atoms with Crippen molar-refractivity contribution in [2.24, 2.45) is 10.4 Å². The first kappa shape index (κ1) is 22.9. The molecule has 0 unspecified atom stereocenters. The van der Waals surface area contributed by atoms with Crippen LogP contribution in [0.4, 0.5) is 0 Å². The Morgan fingerprint density at radius 2 is 1.92 bits per heavy atom. The van der Waals surface area contributed by atoms with Crippen molar-refractivity contribution in [2.75, 3.05) is 19.6 Å². The number of aryl methyl sites for hydroxylation is 1. The predicted octanol–water partition coefficient (Wildman–Crippen LogP) is 4.44. The Kier molecular flexibility index (Phi) is 10.2. The van der Waals surface area contributed by atoms with Crippen molar-refractivity contribution < 1.29 is 0 Å². The second-order valence-electron chi connectivity index (χ2n) is 7.06. The zero-order valence-electron chi connectivity index (χ0n) is 16.2. The summed E-state index contributed by atoms with van der Waals surface area (Å²) in [5.41, 5.74) is 1.48. The molecule has 1 heterocycles. The van der Waals surface area contributed by atoms with E-state index < -0.39 is 0 Å². The van der Waals surface area contributed by atoms with Crippen molar-refractivity contribution in [1.82, 2.24) is 15.6 Å². The highest BCUT2D eigenvalue weighted by Gasteiger charge is 2.18. The van der Waals surface area contributed by atoms with E-state index in [9.17, 15) is 0 Å². The molecule has 0 aliphatic rings. The van der Waals surface area contributed by atoms with Crippen LogP contribution in [0.15, 0.2) is 41.5 Å². The summed E-state index contributed by atoms with van der Waals surface area (Å²) in [5.74, 6) is 0.886. The Labute approximate surface area is 179 Å². The lowest BCUT2D eigenvalue weighted by molar-refractivity contribution is 0.377. The molecule has 2 N–H and O–H groups in total. The van der Waals surface area contributed by atoms with Gasteiger partial charge in [-0.15, -0.1) is 35.3 Å². The van der Waals surface area contributed by atoms with Gasteiger partial charge in [-0.3, -0.25) is 4.99 Å². The van der Waals surface area contributed by atoms with Crippen LogP contribution in [0.3, 0.4) is 0 Å². The van der Waals surface area contributed by atoms with Crippen LogP contribution >= 0.6 is 35.3 Å². The summed E-state index contributed by atoms with van der Waals surface area (Å²) < 4.78 is 0. The van der Waals surface area contributed by atoms with E-state index >= 15 is 0 Å². The van der Waals surface area contributed by atoms with Gasteiger partial charge in [0.15, 0.2) is 5.96 Å². The minimum absolute atomic E-state index is 0. The monoisotopic (exact) mass is 486 g/mol. The molecule has 0 aliphatic carbocycles. The maximum Gasteiger partial charge on any atom is 0.191 e. The quantitative estimate of drug-likeness (QED) is 0.330. The number of aliphatic imine (C=N–C) groups is 1. The maximum atomic E-state index is 4.80. The van der Waals surface area contributed by atoms with Gasteiger partial charge >= 0.3 is 0 Å². The SMILES string of the molecule is CCNC(=NCC(C)(C)Cc1ccccc1)NCCc1ncc(C)s1.I. The van der Waals surface area contributed by atoms with Crippen LogP contribution in [0.25, 0.3) is 0 Å². The van der Waals surface area contributed by atoms with Crippen LogP contribution < -0.4 is 10.6 Å². The third-order valence-corrected chi connectivity index (χ3v) is 4.81. The molecular weight excluding hydrogens is 455 g/mol. The van der Waals surface area contributed by atoms with Crippen LogP contribution in [-0.4, -0.2) is 30.6 Å². The zero-order chi connectivity index (χ0) is 18.1. The lowest BCUT2D eigenvalue weighted by Crippen LogP contribution is -2.39. The fourth-order valence-electron chi connectivity index (χ4n) is 2.64. The van der Waals surface area contributed by atoms with E-state index in [2.05, 4.69) is 73.6 Å². The standard InChI is InChI=1S/C20H30N4S.HI/c1-5-21-19(22-12-11-18-23-14-16(2)25-18)24-15-20(3,4)13-17-9-7-6-8-10-17;/h6-10,14H,5,11-13,15H2,1-4H3,(H2,21,22,24);1H. The van der Waals surface area contributed by atoms with Gasteiger partial charge in [0.05, 0.1) is 5.01 Å². The van der Waals surface area contributed by atoms with Gasteiger partial charge in [0, 0.05) is 37.1 Å².